The van der Waals surface area contributed by atoms with Gasteiger partial charge in [0.15, 0.2) is 5.82 Å². The zero-order valence-corrected chi connectivity index (χ0v) is 10.6. The van der Waals surface area contributed by atoms with Gasteiger partial charge in [-0.1, -0.05) is 11.6 Å². The maximum atomic E-state index is 5.92. The number of halogens is 1. The molecule has 0 aliphatic heterocycles. The maximum Gasteiger partial charge on any atom is 0.163 e. The summed E-state index contributed by atoms with van der Waals surface area (Å²) in [6, 6.07) is 4.27. The number of rotatable bonds is 3. The third-order valence-electron chi connectivity index (χ3n) is 3.08. The molecule has 0 aromatic carbocycles. The highest BCUT2D eigenvalue weighted by Crippen LogP contribution is 2.23. The van der Waals surface area contributed by atoms with Crippen LogP contribution >= 0.6 is 11.6 Å². The van der Waals surface area contributed by atoms with Crippen LogP contribution in [0.1, 0.15) is 19.3 Å². The van der Waals surface area contributed by atoms with Gasteiger partial charge in [-0.3, -0.25) is 4.98 Å². The van der Waals surface area contributed by atoms with E-state index in [9.17, 15) is 0 Å². The lowest BCUT2D eigenvalue weighted by Crippen LogP contribution is -2.27. The fraction of sp³-hybridized carbons (Fsp3) is 0.308. The monoisotopic (exact) mass is 260 g/mol. The molecule has 0 amide bonds. The van der Waals surface area contributed by atoms with Gasteiger partial charge in [-0.15, -0.1) is 0 Å². The first-order valence-electron chi connectivity index (χ1n) is 6.02. The molecule has 0 radical (unpaired) electrons. The zero-order chi connectivity index (χ0) is 12.4. The van der Waals surface area contributed by atoms with Crippen molar-refractivity contribution in [3.8, 4) is 11.4 Å². The quantitative estimate of drug-likeness (QED) is 0.921. The molecule has 2 aromatic rings. The van der Waals surface area contributed by atoms with Crippen LogP contribution < -0.4 is 5.32 Å². The molecule has 1 aliphatic carbocycles. The van der Waals surface area contributed by atoms with Gasteiger partial charge in [0, 0.05) is 30.2 Å². The van der Waals surface area contributed by atoms with Crippen LogP contribution in [-0.2, 0) is 0 Å². The van der Waals surface area contributed by atoms with E-state index in [0.717, 1.165) is 11.4 Å². The highest BCUT2D eigenvalue weighted by Gasteiger charge is 2.17. The van der Waals surface area contributed by atoms with E-state index in [1.54, 1.807) is 18.6 Å². The van der Waals surface area contributed by atoms with Crippen molar-refractivity contribution in [2.24, 2.45) is 0 Å². The molecule has 5 heteroatoms. The van der Waals surface area contributed by atoms with E-state index in [4.69, 9.17) is 11.6 Å². The van der Waals surface area contributed by atoms with Gasteiger partial charge in [0.05, 0.1) is 5.02 Å². The van der Waals surface area contributed by atoms with Gasteiger partial charge in [0.2, 0.25) is 0 Å². The average molecular weight is 261 g/mol. The molecule has 3 rings (SSSR count). The third kappa shape index (κ3) is 2.43. The minimum Gasteiger partial charge on any atom is -0.367 e. The van der Waals surface area contributed by atoms with Gasteiger partial charge in [-0.05, 0) is 31.4 Å². The molecule has 2 aromatic heterocycles. The van der Waals surface area contributed by atoms with Gasteiger partial charge in [0.1, 0.15) is 5.82 Å². The molecule has 18 heavy (non-hydrogen) atoms. The van der Waals surface area contributed by atoms with E-state index in [1.807, 2.05) is 12.1 Å². The Kier molecular flexibility index (Phi) is 3.11. The minimum absolute atomic E-state index is 0.560. The molecule has 0 bridgehead atoms. The topological polar surface area (TPSA) is 50.7 Å². The van der Waals surface area contributed by atoms with Crippen LogP contribution in [0.5, 0.6) is 0 Å². The van der Waals surface area contributed by atoms with Gasteiger partial charge in [-0.2, -0.15) is 0 Å². The SMILES string of the molecule is Clc1cncc(-c2nccc(NC3CCC3)n2)c1. The van der Waals surface area contributed by atoms with Crippen molar-refractivity contribution in [1.29, 1.82) is 0 Å². The highest BCUT2D eigenvalue weighted by molar-refractivity contribution is 6.30. The minimum atomic E-state index is 0.560. The van der Waals surface area contributed by atoms with E-state index in [2.05, 4.69) is 20.3 Å². The molecule has 0 spiro atoms. The molecule has 0 unspecified atom stereocenters. The third-order valence-corrected chi connectivity index (χ3v) is 3.28. The summed E-state index contributed by atoms with van der Waals surface area (Å²) in [6.07, 6.45) is 8.81. The zero-order valence-electron chi connectivity index (χ0n) is 9.81. The molecular weight excluding hydrogens is 248 g/mol. The number of aromatic nitrogens is 3. The van der Waals surface area contributed by atoms with Gasteiger partial charge in [-0.25, -0.2) is 9.97 Å². The fourth-order valence-electron chi connectivity index (χ4n) is 1.87. The Labute approximate surface area is 110 Å². The van der Waals surface area contributed by atoms with Gasteiger partial charge < -0.3 is 5.32 Å². The normalized spacial score (nSPS) is 15.2. The van der Waals surface area contributed by atoms with Gasteiger partial charge >= 0.3 is 0 Å². The van der Waals surface area contributed by atoms with E-state index < -0.39 is 0 Å². The van der Waals surface area contributed by atoms with Crippen LogP contribution in [0.15, 0.2) is 30.7 Å². The second kappa shape index (κ2) is 4.90. The second-order valence-corrected chi connectivity index (χ2v) is 4.87. The largest absolute Gasteiger partial charge is 0.367 e. The number of anilines is 1. The standard InChI is InChI=1S/C13H13ClN4/c14-10-6-9(7-15-8-10)13-16-5-4-12(18-13)17-11-2-1-3-11/h4-8,11H,1-3H2,(H,16,17,18). The van der Waals surface area contributed by atoms with E-state index >= 15 is 0 Å². The molecule has 1 aliphatic rings. The van der Waals surface area contributed by atoms with Crippen molar-refractivity contribution in [1.82, 2.24) is 15.0 Å². The Balaban J connectivity index is 1.85. The lowest BCUT2D eigenvalue weighted by atomic mass is 9.93. The highest BCUT2D eigenvalue weighted by atomic mass is 35.5. The maximum absolute atomic E-state index is 5.92. The van der Waals surface area contributed by atoms with Crippen LogP contribution in [0.2, 0.25) is 5.02 Å². The molecular formula is C13H13ClN4. The van der Waals surface area contributed by atoms with Gasteiger partial charge in [0.25, 0.3) is 0 Å². The predicted octanol–water partition coefficient (Wildman–Crippen LogP) is 3.16. The number of nitrogens with one attached hydrogen (secondary N) is 1. The van der Waals surface area contributed by atoms with Crippen molar-refractivity contribution in [3.05, 3.63) is 35.7 Å². The number of hydrogen-bond donors (Lipinski definition) is 1. The summed E-state index contributed by atoms with van der Waals surface area (Å²) < 4.78 is 0. The summed E-state index contributed by atoms with van der Waals surface area (Å²) in [7, 11) is 0. The van der Waals surface area contributed by atoms with E-state index in [-0.39, 0.29) is 0 Å². The van der Waals surface area contributed by atoms with Crippen molar-refractivity contribution in [2.45, 2.75) is 25.3 Å². The molecule has 0 atom stereocenters. The van der Waals surface area contributed by atoms with Crippen LogP contribution in [0, 0.1) is 0 Å². The lowest BCUT2D eigenvalue weighted by Gasteiger charge is -2.26. The first-order valence-corrected chi connectivity index (χ1v) is 6.39. The summed E-state index contributed by atoms with van der Waals surface area (Å²) in [5, 5.41) is 3.99. The Hall–Kier alpha value is -1.68. The van der Waals surface area contributed by atoms with E-state index in [0.29, 0.717) is 16.9 Å². The molecule has 1 N–H and O–H groups in total. The Morgan fingerprint density at radius 2 is 2.17 bits per heavy atom. The summed E-state index contributed by atoms with van der Waals surface area (Å²) in [5.74, 6) is 1.51. The van der Waals surface area contributed by atoms with Crippen molar-refractivity contribution in [2.75, 3.05) is 5.32 Å². The lowest BCUT2D eigenvalue weighted by molar-refractivity contribution is 0.444. The first kappa shape index (κ1) is 11.4. The van der Waals surface area contributed by atoms with Crippen LogP contribution in [0.3, 0.4) is 0 Å². The number of hydrogen-bond acceptors (Lipinski definition) is 4. The second-order valence-electron chi connectivity index (χ2n) is 4.43. The molecule has 0 saturated heterocycles. The summed E-state index contributed by atoms with van der Waals surface area (Å²) in [4.78, 5) is 12.8. The summed E-state index contributed by atoms with van der Waals surface area (Å²) in [5.41, 5.74) is 0.833. The fourth-order valence-corrected chi connectivity index (χ4v) is 2.05. The molecule has 4 nitrogen and oxygen atoms in total. The van der Waals surface area contributed by atoms with E-state index in [1.165, 1.54) is 19.3 Å². The van der Waals surface area contributed by atoms with Crippen molar-refractivity contribution >= 4 is 17.4 Å². The first-order chi connectivity index (χ1) is 8.81. The van der Waals surface area contributed by atoms with Crippen LogP contribution in [0.25, 0.3) is 11.4 Å². The molecule has 2 heterocycles. The summed E-state index contributed by atoms with van der Waals surface area (Å²) in [6.45, 7) is 0. The Morgan fingerprint density at radius 1 is 1.28 bits per heavy atom. The predicted molar refractivity (Wildman–Crippen MR) is 71.5 cm³/mol. The smallest absolute Gasteiger partial charge is 0.163 e. The molecule has 1 saturated carbocycles. The molecule has 92 valence electrons. The Morgan fingerprint density at radius 3 is 2.89 bits per heavy atom. The van der Waals surface area contributed by atoms with Crippen LogP contribution in [-0.4, -0.2) is 21.0 Å². The van der Waals surface area contributed by atoms with Crippen molar-refractivity contribution in [3.63, 3.8) is 0 Å². The van der Waals surface area contributed by atoms with Crippen molar-refractivity contribution < 1.29 is 0 Å². The molecule has 1 fully saturated rings. The average Bonchev–Trinajstić information content (AvgIpc) is 2.34. The Bertz CT molecular complexity index is 554. The summed E-state index contributed by atoms with van der Waals surface area (Å²) >= 11 is 5.92. The number of pyridine rings is 1. The number of nitrogens with zero attached hydrogens (tertiary/aromatic N) is 3. The van der Waals surface area contributed by atoms with Crippen LogP contribution in [0.4, 0.5) is 5.82 Å².